The van der Waals surface area contributed by atoms with E-state index in [9.17, 15) is 14.0 Å². The third kappa shape index (κ3) is 4.07. The molecule has 0 unspecified atom stereocenters. The van der Waals surface area contributed by atoms with Gasteiger partial charge in [-0.3, -0.25) is 9.59 Å². The standard InChI is InChI=1S/C16H16FN3O3/c17-13-3-1-2-4-14(13)19-10-12(9-18)15(21)20-7-5-11(6-8-20)16(22)23/h1-4,10-11,19H,5-8H2,(H,22,23)/b12-10-. The van der Waals surface area contributed by atoms with Crippen LogP contribution in [0.15, 0.2) is 36.0 Å². The van der Waals surface area contributed by atoms with Crippen LogP contribution in [0.4, 0.5) is 10.1 Å². The summed E-state index contributed by atoms with van der Waals surface area (Å²) in [7, 11) is 0. The minimum absolute atomic E-state index is 0.151. The van der Waals surface area contributed by atoms with E-state index in [2.05, 4.69) is 5.32 Å². The predicted octanol–water partition coefficient (Wildman–Crippen LogP) is 1.97. The molecule has 2 rings (SSSR count). The number of hydrogen-bond acceptors (Lipinski definition) is 4. The molecule has 1 heterocycles. The Bertz CT molecular complexity index is 673. The third-order valence-electron chi connectivity index (χ3n) is 3.73. The summed E-state index contributed by atoms with van der Waals surface area (Å²) in [5, 5.41) is 20.7. The van der Waals surface area contributed by atoms with Crippen molar-refractivity contribution in [1.29, 1.82) is 5.26 Å². The molecule has 0 radical (unpaired) electrons. The summed E-state index contributed by atoms with van der Waals surface area (Å²) in [6.07, 6.45) is 1.89. The Morgan fingerprint density at radius 1 is 1.35 bits per heavy atom. The molecule has 1 aliphatic rings. The molecular formula is C16H16FN3O3. The molecular weight excluding hydrogens is 301 g/mol. The molecule has 120 valence electrons. The number of carboxylic acid groups (broad SMARTS) is 1. The third-order valence-corrected chi connectivity index (χ3v) is 3.73. The van der Waals surface area contributed by atoms with E-state index in [1.165, 1.54) is 29.3 Å². The van der Waals surface area contributed by atoms with Crippen LogP contribution in [0.3, 0.4) is 0 Å². The van der Waals surface area contributed by atoms with Gasteiger partial charge < -0.3 is 15.3 Å². The molecule has 1 aromatic carbocycles. The van der Waals surface area contributed by atoms with Gasteiger partial charge in [0.15, 0.2) is 0 Å². The van der Waals surface area contributed by atoms with Gasteiger partial charge in [-0.15, -0.1) is 0 Å². The number of rotatable bonds is 4. The molecule has 0 aliphatic carbocycles. The molecule has 0 atom stereocenters. The summed E-state index contributed by atoms with van der Waals surface area (Å²) in [4.78, 5) is 24.6. The van der Waals surface area contributed by atoms with Crippen molar-refractivity contribution in [2.24, 2.45) is 5.92 Å². The smallest absolute Gasteiger partial charge is 0.306 e. The second-order valence-corrected chi connectivity index (χ2v) is 5.20. The number of nitrogens with one attached hydrogen (secondary N) is 1. The maximum Gasteiger partial charge on any atom is 0.306 e. The first-order valence-corrected chi connectivity index (χ1v) is 7.16. The van der Waals surface area contributed by atoms with Crippen molar-refractivity contribution in [3.8, 4) is 6.07 Å². The summed E-state index contributed by atoms with van der Waals surface area (Å²) in [6, 6.07) is 7.71. The van der Waals surface area contributed by atoms with Crippen LogP contribution < -0.4 is 5.32 Å². The molecule has 0 aromatic heterocycles. The van der Waals surface area contributed by atoms with E-state index in [0.29, 0.717) is 12.8 Å². The zero-order valence-electron chi connectivity index (χ0n) is 12.3. The van der Waals surface area contributed by atoms with Crippen LogP contribution in [-0.2, 0) is 9.59 Å². The lowest BCUT2D eigenvalue weighted by molar-refractivity contribution is -0.145. The monoisotopic (exact) mass is 317 g/mol. The summed E-state index contributed by atoms with van der Waals surface area (Å²) < 4.78 is 13.5. The predicted molar refractivity (Wildman–Crippen MR) is 80.7 cm³/mol. The summed E-state index contributed by atoms with van der Waals surface area (Å²) >= 11 is 0. The van der Waals surface area contributed by atoms with E-state index >= 15 is 0 Å². The fraction of sp³-hybridized carbons (Fsp3) is 0.312. The molecule has 6 nitrogen and oxygen atoms in total. The number of amides is 1. The molecule has 1 fully saturated rings. The second-order valence-electron chi connectivity index (χ2n) is 5.20. The highest BCUT2D eigenvalue weighted by molar-refractivity contribution is 5.97. The van der Waals surface area contributed by atoms with Crippen molar-refractivity contribution in [3.63, 3.8) is 0 Å². The van der Waals surface area contributed by atoms with E-state index in [4.69, 9.17) is 10.4 Å². The van der Waals surface area contributed by atoms with Gasteiger partial charge in [0.2, 0.25) is 0 Å². The quantitative estimate of drug-likeness (QED) is 0.654. The van der Waals surface area contributed by atoms with Gasteiger partial charge in [0.25, 0.3) is 5.91 Å². The van der Waals surface area contributed by atoms with Crippen molar-refractivity contribution >= 4 is 17.6 Å². The van der Waals surface area contributed by atoms with Gasteiger partial charge in [-0.25, -0.2) is 4.39 Å². The van der Waals surface area contributed by atoms with Gasteiger partial charge in [0.1, 0.15) is 17.5 Å². The van der Waals surface area contributed by atoms with Gasteiger partial charge in [-0.2, -0.15) is 5.26 Å². The van der Waals surface area contributed by atoms with Crippen LogP contribution in [0.2, 0.25) is 0 Å². The lowest BCUT2D eigenvalue weighted by Crippen LogP contribution is -2.40. The minimum Gasteiger partial charge on any atom is -0.481 e. The van der Waals surface area contributed by atoms with Crippen molar-refractivity contribution in [3.05, 3.63) is 41.9 Å². The zero-order valence-corrected chi connectivity index (χ0v) is 12.3. The van der Waals surface area contributed by atoms with E-state index in [0.717, 1.165) is 0 Å². The molecule has 2 N–H and O–H groups in total. The molecule has 0 spiro atoms. The van der Waals surface area contributed by atoms with Gasteiger partial charge in [-0.05, 0) is 25.0 Å². The Labute approximate surface area is 132 Å². The van der Waals surface area contributed by atoms with Gasteiger partial charge >= 0.3 is 5.97 Å². The highest BCUT2D eigenvalue weighted by atomic mass is 19.1. The number of halogens is 1. The Hall–Kier alpha value is -2.88. The maximum atomic E-state index is 13.5. The van der Waals surface area contributed by atoms with Crippen LogP contribution in [-0.4, -0.2) is 35.0 Å². The number of hydrogen-bond donors (Lipinski definition) is 2. The topological polar surface area (TPSA) is 93.4 Å². The summed E-state index contributed by atoms with van der Waals surface area (Å²) in [6.45, 7) is 0.572. The lowest BCUT2D eigenvalue weighted by atomic mass is 9.97. The number of benzene rings is 1. The van der Waals surface area contributed by atoms with Crippen molar-refractivity contribution < 1.29 is 19.1 Å². The molecule has 0 saturated carbocycles. The maximum absolute atomic E-state index is 13.5. The van der Waals surface area contributed by atoms with E-state index in [1.807, 2.05) is 0 Å². The number of nitriles is 1. The molecule has 7 heteroatoms. The fourth-order valence-electron chi connectivity index (χ4n) is 2.37. The zero-order chi connectivity index (χ0) is 16.8. The van der Waals surface area contributed by atoms with Crippen LogP contribution in [0.25, 0.3) is 0 Å². The SMILES string of the molecule is N#C/C(=C/Nc1ccccc1F)C(=O)N1CCC(C(=O)O)CC1. The average Bonchev–Trinajstić information content (AvgIpc) is 2.56. The van der Waals surface area contributed by atoms with Crippen molar-refractivity contribution in [1.82, 2.24) is 4.90 Å². The second kappa shape index (κ2) is 7.40. The molecule has 1 aliphatic heterocycles. The Morgan fingerprint density at radius 2 is 2.00 bits per heavy atom. The molecule has 1 saturated heterocycles. The summed E-state index contributed by atoms with van der Waals surface area (Å²) in [5.74, 6) is -2.30. The number of para-hydroxylation sites is 1. The number of carboxylic acids is 1. The largest absolute Gasteiger partial charge is 0.481 e. The van der Waals surface area contributed by atoms with Gasteiger partial charge in [0, 0.05) is 19.3 Å². The van der Waals surface area contributed by atoms with Crippen LogP contribution >= 0.6 is 0 Å². The van der Waals surface area contributed by atoms with E-state index in [-0.39, 0.29) is 24.4 Å². The van der Waals surface area contributed by atoms with E-state index in [1.54, 1.807) is 12.1 Å². The number of carbonyl (C=O) groups is 2. The van der Waals surface area contributed by atoms with E-state index < -0.39 is 23.6 Å². The lowest BCUT2D eigenvalue weighted by Gasteiger charge is -2.29. The number of anilines is 1. The Balaban J connectivity index is 2.02. The van der Waals surface area contributed by atoms with Crippen LogP contribution in [0, 0.1) is 23.1 Å². The number of carbonyl (C=O) groups excluding carboxylic acids is 1. The fourth-order valence-corrected chi connectivity index (χ4v) is 2.37. The normalized spacial score (nSPS) is 15.8. The number of likely N-dealkylation sites (tertiary alicyclic amines) is 1. The Kier molecular flexibility index (Phi) is 5.31. The molecule has 0 bridgehead atoms. The van der Waals surface area contributed by atoms with Crippen molar-refractivity contribution in [2.45, 2.75) is 12.8 Å². The number of aliphatic carboxylic acids is 1. The first-order valence-electron chi connectivity index (χ1n) is 7.16. The highest BCUT2D eigenvalue weighted by Gasteiger charge is 2.28. The highest BCUT2D eigenvalue weighted by Crippen LogP contribution is 2.19. The summed E-state index contributed by atoms with van der Waals surface area (Å²) in [5.41, 5.74) is 0.0136. The number of nitrogens with zero attached hydrogens (tertiary/aromatic N) is 2. The molecule has 23 heavy (non-hydrogen) atoms. The molecule has 1 amide bonds. The number of piperidine rings is 1. The first-order chi connectivity index (χ1) is 11.0. The average molecular weight is 317 g/mol. The van der Waals surface area contributed by atoms with Crippen molar-refractivity contribution in [2.75, 3.05) is 18.4 Å². The van der Waals surface area contributed by atoms with Gasteiger partial charge in [-0.1, -0.05) is 12.1 Å². The van der Waals surface area contributed by atoms with Gasteiger partial charge in [0.05, 0.1) is 11.6 Å². The molecule has 1 aromatic rings. The first kappa shape index (κ1) is 16.5. The Morgan fingerprint density at radius 3 is 2.57 bits per heavy atom. The minimum atomic E-state index is -0.866. The van der Waals surface area contributed by atoms with Crippen LogP contribution in [0.5, 0.6) is 0 Å². The van der Waals surface area contributed by atoms with Crippen LogP contribution in [0.1, 0.15) is 12.8 Å².